The van der Waals surface area contributed by atoms with E-state index >= 15 is 0 Å². The van der Waals surface area contributed by atoms with Crippen molar-refractivity contribution in [2.24, 2.45) is 5.92 Å². The Labute approximate surface area is 147 Å². The lowest BCUT2D eigenvalue weighted by molar-refractivity contribution is -0.145. The largest absolute Gasteiger partial charge is 0.493 e. The highest BCUT2D eigenvalue weighted by atomic mass is 16.5. The van der Waals surface area contributed by atoms with Gasteiger partial charge in [-0.3, -0.25) is 14.4 Å². The first-order valence-corrected chi connectivity index (χ1v) is 8.30. The van der Waals surface area contributed by atoms with Gasteiger partial charge in [0.2, 0.25) is 5.91 Å². The predicted molar refractivity (Wildman–Crippen MR) is 91.2 cm³/mol. The molecule has 1 aromatic rings. The maximum absolute atomic E-state index is 12.8. The molecule has 1 atom stereocenters. The number of ether oxygens (including phenoxy) is 2. The molecule has 136 valence electrons. The van der Waals surface area contributed by atoms with E-state index < -0.39 is 12.0 Å². The van der Waals surface area contributed by atoms with Crippen molar-refractivity contribution >= 4 is 17.8 Å². The summed E-state index contributed by atoms with van der Waals surface area (Å²) in [5, 5.41) is 2.67. The molecule has 7 nitrogen and oxygen atoms in total. The molecule has 0 aromatic heterocycles. The standard InChI is InChI=1S/C18H24N2O5/c1-12(2)11-25-14-6-4-13(5-7-14)18(23)20-9-8-19-17(22)15(20)10-16(21)24-3/h4-7,12,15H,8-11H2,1-3H3,(H,19,22). The van der Waals surface area contributed by atoms with E-state index in [0.717, 1.165) is 0 Å². The zero-order chi connectivity index (χ0) is 18.4. The Balaban J connectivity index is 2.10. The first kappa shape index (κ1) is 18.8. The molecule has 1 heterocycles. The molecule has 1 fully saturated rings. The molecule has 1 unspecified atom stereocenters. The highest BCUT2D eigenvalue weighted by molar-refractivity contribution is 5.99. The molecule has 2 amide bonds. The molecule has 7 heteroatoms. The lowest BCUT2D eigenvalue weighted by atomic mass is 10.1. The third kappa shape index (κ3) is 4.95. The summed E-state index contributed by atoms with van der Waals surface area (Å²) < 4.78 is 10.2. The summed E-state index contributed by atoms with van der Waals surface area (Å²) in [5.74, 6) is -0.0710. The van der Waals surface area contributed by atoms with E-state index in [2.05, 4.69) is 23.9 Å². The highest BCUT2D eigenvalue weighted by Crippen LogP contribution is 2.18. The SMILES string of the molecule is COC(=O)CC1C(=O)NCCN1C(=O)c1ccc(OCC(C)C)cc1. The van der Waals surface area contributed by atoms with Crippen molar-refractivity contribution in [2.75, 3.05) is 26.8 Å². The van der Waals surface area contributed by atoms with Crippen LogP contribution in [0.4, 0.5) is 0 Å². The molecule has 2 rings (SSSR count). The number of amides is 2. The van der Waals surface area contributed by atoms with Crippen LogP contribution in [0.5, 0.6) is 5.75 Å². The average molecular weight is 348 g/mol. The van der Waals surface area contributed by atoms with Crippen LogP contribution in [-0.2, 0) is 14.3 Å². The van der Waals surface area contributed by atoms with Crippen molar-refractivity contribution in [1.82, 2.24) is 10.2 Å². The number of carbonyl (C=O) groups is 3. The fourth-order valence-electron chi connectivity index (χ4n) is 2.52. The van der Waals surface area contributed by atoms with Gasteiger partial charge in [0.05, 0.1) is 20.1 Å². The molecular weight excluding hydrogens is 324 g/mol. The minimum Gasteiger partial charge on any atom is -0.493 e. The molecule has 1 aromatic carbocycles. The quantitative estimate of drug-likeness (QED) is 0.782. The van der Waals surface area contributed by atoms with Gasteiger partial charge >= 0.3 is 5.97 Å². The van der Waals surface area contributed by atoms with Gasteiger partial charge in [-0.1, -0.05) is 13.8 Å². The van der Waals surface area contributed by atoms with Crippen LogP contribution in [0.15, 0.2) is 24.3 Å². The summed E-state index contributed by atoms with van der Waals surface area (Å²) in [5.41, 5.74) is 0.446. The Hall–Kier alpha value is -2.57. The van der Waals surface area contributed by atoms with E-state index in [1.165, 1.54) is 12.0 Å². The Bertz CT molecular complexity index is 627. The lowest BCUT2D eigenvalue weighted by Gasteiger charge is -2.34. The molecule has 1 saturated heterocycles. The zero-order valence-electron chi connectivity index (χ0n) is 14.8. The van der Waals surface area contributed by atoms with Gasteiger partial charge in [0.15, 0.2) is 0 Å². The smallest absolute Gasteiger partial charge is 0.308 e. The first-order valence-electron chi connectivity index (χ1n) is 8.30. The van der Waals surface area contributed by atoms with Crippen molar-refractivity contribution in [2.45, 2.75) is 26.3 Å². The van der Waals surface area contributed by atoms with Gasteiger partial charge in [-0.15, -0.1) is 0 Å². The summed E-state index contributed by atoms with van der Waals surface area (Å²) in [6.45, 7) is 5.41. The number of hydrogen-bond acceptors (Lipinski definition) is 5. The monoisotopic (exact) mass is 348 g/mol. The van der Waals surface area contributed by atoms with Crippen LogP contribution in [0.3, 0.4) is 0 Å². The second kappa shape index (κ2) is 8.50. The molecule has 0 saturated carbocycles. The van der Waals surface area contributed by atoms with Gasteiger partial charge in [0.1, 0.15) is 11.8 Å². The van der Waals surface area contributed by atoms with Crippen molar-refractivity contribution in [3.05, 3.63) is 29.8 Å². The number of methoxy groups -OCH3 is 1. The number of nitrogens with zero attached hydrogens (tertiary/aromatic N) is 1. The summed E-state index contributed by atoms with van der Waals surface area (Å²) in [6, 6.07) is 5.94. The van der Waals surface area contributed by atoms with E-state index in [1.807, 2.05) is 0 Å². The minimum absolute atomic E-state index is 0.163. The molecule has 0 aliphatic carbocycles. The third-order valence-electron chi connectivity index (χ3n) is 3.86. The van der Waals surface area contributed by atoms with Crippen molar-refractivity contribution < 1.29 is 23.9 Å². The number of carbonyl (C=O) groups excluding carboxylic acids is 3. The Morgan fingerprint density at radius 3 is 2.56 bits per heavy atom. The van der Waals surface area contributed by atoms with Gasteiger partial charge in [-0.2, -0.15) is 0 Å². The van der Waals surface area contributed by atoms with Gasteiger partial charge in [0.25, 0.3) is 5.91 Å². The Kier molecular flexibility index (Phi) is 6.38. The van der Waals surface area contributed by atoms with E-state index in [1.54, 1.807) is 24.3 Å². The lowest BCUT2D eigenvalue weighted by Crippen LogP contribution is -2.57. The molecule has 25 heavy (non-hydrogen) atoms. The van der Waals surface area contributed by atoms with Crippen LogP contribution in [0.25, 0.3) is 0 Å². The van der Waals surface area contributed by atoms with Crippen molar-refractivity contribution in [1.29, 1.82) is 0 Å². The van der Waals surface area contributed by atoms with Crippen LogP contribution in [0.1, 0.15) is 30.6 Å². The van der Waals surface area contributed by atoms with Gasteiger partial charge in [0, 0.05) is 18.7 Å². The number of rotatable bonds is 6. The molecule has 1 N–H and O–H groups in total. The molecule has 1 aliphatic rings. The fourth-order valence-corrected chi connectivity index (χ4v) is 2.52. The van der Waals surface area contributed by atoms with E-state index in [9.17, 15) is 14.4 Å². The number of esters is 1. The van der Waals surface area contributed by atoms with Gasteiger partial charge < -0.3 is 19.7 Å². The fraction of sp³-hybridized carbons (Fsp3) is 0.500. The predicted octanol–water partition coefficient (Wildman–Crippen LogP) is 1.23. The summed E-state index contributed by atoms with van der Waals surface area (Å²) in [6.07, 6.45) is -0.163. The Morgan fingerprint density at radius 1 is 1.28 bits per heavy atom. The number of nitrogens with one attached hydrogen (secondary N) is 1. The van der Waals surface area contributed by atoms with Crippen LogP contribution < -0.4 is 10.1 Å². The van der Waals surface area contributed by atoms with Gasteiger partial charge in [-0.25, -0.2) is 0 Å². The average Bonchev–Trinajstić information content (AvgIpc) is 2.61. The molecule has 0 radical (unpaired) electrons. The molecular formula is C18H24N2O5. The van der Waals surface area contributed by atoms with Crippen LogP contribution in [0, 0.1) is 5.92 Å². The summed E-state index contributed by atoms with van der Waals surface area (Å²) in [7, 11) is 1.26. The molecule has 1 aliphatic heterocycles. The second-order valence-electron chi connectivity index (χ2n) is 6.31. The van der Waals surface area contributed by atoms with E-state index in [0.29, 0.717) is 36.9 Å². The third-order valence-corrected chi connectivity index (χ3v) is 3.86. The first-order chi connectivity index (χ1) is 11.9. The van der Waals surface area contributed by atoms with Crippen LogP contribution in [0.2, 0.25) is 0 Å². The maximum atomic E-state index is 12.8. The normalized spacial score (nSPS) is 17.2. The second-order valence-corrected chi connectivity index (χ2v) is 6.31. The minimum atomic E-state index is -0.856. The highest BCUT2D eigenvalue weighted by Gasteiger charge is 2.35. The summed E-state index contributed by atoms with van der Waals surface area (Å²) in [4.78, 5) is 37.8. The van der Waals surface area contributed by atoms with Crippen LogP contribution in [-0.4, -0.2) is 55.5 Å². The zero-order valence-corrected chi connectivity index (χ0v) is 14.8. The summed E-state index contributed by atoms with van der Waals surface area (Å²) >= 11 is 0. The maximum Gasteiger partial charge on any atom is 0.308 e. The van der Waals surface area contributed by atoms with E-state index in [-0.39, 0.29) is 18.2 Å². The Morgan fingerprint density at radius 2 is 1.96 bits per heavy atom. The number of hydrogen-bond donors (Lipinski definition) is 1. The number of piperazine rings is 1. The molecule has 0 bridgehead atoms. The van der Waals surface area contributed by atoms with E-state index in [4.69, 9.17) is 4.74 Å². The molecule has 0 spiro atoms. The van der Waals surface area contributed by atoms with Gasteiger partial charge in [-0.05, 0) is 30.2 Å². The van der Waals surface area contributed by atoms with Crippen LogP contribution >= 0.6 is 0 Å². The van der Waals surface area contributed by atoms with Crippen molar-refractivity contribution in [3.8, 4) is 5.75 Å². The number of benzene rings is 1. The topological polar surface area (TPSA) is 84.9 Å². The van der Waals surface area contributed by atoms with Crippen molar-refractivity contribution in [3.63, 3.8) is 0 Å².